The van der Waals surface area contributed by atoms with E-state index < -0.39 is 0 Å². The van der Waals surface area contributed by atoms with Crippen LogP contribution in [0.2, 0.25) is 0 Å². The quantitative estimate of drug-likeness (QED) is 0.769. The number of ether oxygens (including phenoxy) is 1. The minimum Gasteiger partial charge on any atom is -0.478 e. The SMILES string of the molecule is Cc1cc(C#N)cc(OCCCc2ccncc2)n1. The zero-order valence-corrected chi connectivity index (χ0v) is 10.8. The molecule has 2 rings (SSSR count). The Morgan fingerprint density at radius 2 is 2.05 bits per heavy atom. The smallest absolute Gasteiger partial charge is 0.214 e. The predicted octanol–water partition coefficient (Wildman–Crippen LogP) is 2.67. The lowest BCUT2D eigenvalue weighted by Crippen LogP contribution is -2.02. The average Bonchev–Trinajstić information content (AvgIpc) is 2.44. The van der Waals surface area contributed by atoms with Crippen LogP contribution < -0.4 is 4.74 Å². The van der Waals surface area contributed by atoms with E-state index in [9.17, 15) is 0 Å². The van der Waals surface area contributed by atoms with Crippen LogP contribution in [0, 0.1) is 18.3 Å². The van der Waals surface area contributed by atoms with Gasteiger partial charge in [-0.05, 0) is 43.5 Å². The van der Waals surface area contributed by atoms with Crippen molar-refractivity contribution >= 4 is 0 Å². The zero-order chi connectivity index (χ0) is 13.5. The molecule has 0 aliphatic carbocycles. The van der Waals surface area contributed by atoms with Gasteiger partial charge in [-0.2, -0.15) is 5.26 Å². The Morgan fingerprint density at radius 1 is 1.26 bits per heavy atom. The number of aromatic nitrogens is 2. The summed E-state index contributed by atoms with van der Waals surface area (Å²) in [5.41, 5.74) is 2.62. The second-order valence-electron chi connectivity index (χ2n) is 4.25. The molecular weight excluding hydrogens is 238 g/mol. The molecule has 0 spiro atoms. The van der Waals surface area contributed by atoms with Gasteiger partial charge in [-0.3, -0.25) is 4.98 Å². The first-order valence-electron chi connectivity index (χ1n) is 6.18. The molecule has 0 saturated heterocycles. The van der Waals surface area contributed by atoms with Gasteiger partial charge in [0.05, 0.1) is 18.2 Å². The van der Waals surface area contributed by atoms with Crippen molar-refractivity contribution < 1.29 is 4.74 Å². The van der Waals surface area contributed by atoms with Crippen molar-refractivity contribution in [3.63, 3.8) is 0 Å². The number of nitriles is 1. The van der Waals surface area contributed by atoms with Gasteiger partial charge in [0.15, 0.2) is 0 Å². The highest BCUT2D eigenvalue weighted by Crippen LogP contribution is 2.12. The van der Waals surface area contributed by atoms with E-state index in [0.717, 1.165) is 18.5 Å². The summed E-state index contributed by atoms with van der Waals surface area (Å²) >= 11 is 0. The molecule has 0 radical (unpaired) electrons. The summed E-state index contributed by atoms with van der Waals surface area (Å²) in [6.07, 6.45) is 5.43. The minimum atomic E-state index is 0.520. The fourth-order valence-corrected chi connectivity index (χ4v) is 1.78. The predicted molar refractivity (Wildman–Crippen MR) is 71.7 cm³/mol. The monoisotopic (exact) mass is 253 g/mol. The molecule has 0 bridgehead atoms. The maximum atomic E-state index is 8.87. The molecule has 4 heteroatoms. The van der Waals surface area contributed by atoms with E-state index in [4.69, 9.17) is 10.00 Å². The van der Waals surface area contributed by atoms with Crippen molar-refractivity contribution in [3.8, 4) is 11.9 Å². The van der Waals surface area contributed by atoms with Gasteiger partial charge in [0, 0.05) is 24.2 Å². The van der Waals surface area contributed by atoms with E-state index in [1.54, 1.807) is 24.5 Å². The van der Waals surface area contributed by atoms with Crippen LogP contribution in [0.5, 0.6) is 5.88 Å². The van der Waals surface area contributed by atoms with Gasteiger partial charge >= 0.3 is 0 Å². The maximum Gasteiger partial charge on any atom is 0.214 e. The van der Waals surface area contributed by atoms with Crippen LogP contribution in [0.4, 0.5) is 0 Å². The molecule has 0 aromatic carbocycles. The molecule has 0 unspecified atom stereocenters. The van der Waals surface area contributed by atoms with Crippen LogP contribution in [-0.4, -0.2) is 16.6 Å². The molecule has 0 N–H and O–H groups in total. The largest absolute Gasteiger partial charge is 0.478 e. The van der Waals surface area contributed by atoms with Gasteiger partial charge in [-0.25, -0.2) is 4.98 Å². The first kappa shape index (κ1) is 13.0. The van der Waals surface area contributed by atoms with Crippen molar-refractivity contribution in [3.05, 3.63) is 53.5 Å². The Balaban J connectivity index is 1.83. The first-order valence-corrected chi connectivity index (χ1v) is 6.18. The summed E-state index contributed by atoms with van der Waals surface area (Å²) < 4.78 is 5.57. The molecular formula is C15H15N3O. The van der Waals surface area contributed by atoms with Crippen molar-refractivity contribution in [1.29, 1.82) is 5.26 Å². The van der Waals surface area contributed by atoms with Crippen molar-refractivity contribution in [2.24, 2.45) is 0 Å². The second kappa shape index (κ2) is 6.50. The highest BCUT2D eigenvalue weighted by Gasteiger charge is 2.01. The summed E-state index contributed by atoms with van der Waals surface area (Å²) in [6.45, 7) is 2.44. The summed E-state index contributed by atoms with van der Waals surface area (Å²) in [5.74, 6) is 0.520. The third kappa shape index (κ3) is 4.07. The molecule has 2 aromatic heterocycles. The van der Waals surface area contributed by atoms with E-state index in [-0.39, 0.29) is 0 Å². The van der Waals surface area contributed by atoms with Crippen molar-refractivity contribution in [1.82, 2.24) is 9.97 Å². The lowest BCUT2D eigenvalue weighted by molar-refractivity contribution is 0.298. The molecule has 19 heavy (non-hydrogen) atoms. The lowest BCUT2D eigenvalue weighted by atomic mass is 10.1. The van der Waals surface area contributed by atoms with Gasteiger partial charge in [-0.15, -0.1) is 0 Å². The van der Waals surface area contributed by atoms with E-state index in [1.807, 2.05) is 19.1 Å². The molecule has 0 aliphatic heterocycles. The fourth-order valence-electron chi connectivity index (χ4n) is 1.78. The summed E-state index contributed by atoms with van der Waals surface area (Å²) in [5, 5.41) is 8.87. The summed E-state index contributed by atoms with van der Waals surface area (Å²) in [6, 6.07) is 9.50. The normalized spacial score (nSPS) is 9.89. The summed E-state index contributed by atoms with van der Waals surface area (Å²) in [7, 11) is 0. The fraction of sp³-hybridized carbons (Fsp3) is 0.267. The third-order valence-corrected chi connectivity index (χ3v) is 2.67. The van der Waals surface area contributed by atoms with Crippen LogP contribution in [-0.2, 0) is 6.42 Å². The van der Waals surface area contributed by atoms with Crippen LogP contribution in [0.1, 0.15) is 23.2 Å². The molecule has 0 amide bonds. The minimum absolute atomic E-state index is 0.520. The first-order chi connectivity index (χ1) is 9.28. The molecule has 2 heterocycles. The average molecular weight is 253 g/mol. The van der Waals surface area contributed by atoms with Gasteiger partial charge in [0.2, 0.25) is 5.88 Å². The maximum absolute atomic E-state index is 8.87. The zero-order valence-electron chi connectivity index (χ0n) is 10.8. The van der Waals surface area contributed by atoms with Crippen LogP contribution in [0.15, 0.2) is 36.7 Å². The van der Waals surface area contributed by atoms with Gasteiger partial charge < -0.3 is 4.74 Å². The van der Waals surface area contributed by atoms with E-state index in [2.05, 4.69) is 16.0 Å². The molecule has 96 valence electrons. The van der Waals surface area contributed by atoms with Gasteiger partial charge in [0.1, 0.15) is 0 Å². The molecule has 0 fully saturated rings. The number of nitrogens with zero attached hydrogens (tertiary/aromatic N) is 3. The highest BCUT2D eigenvalue weighted by atomic mass is 16.5. The van der Waals surface area contributed by atoms with Gasteiger partial charge in [0.25, 0.3) is 0 Å². The Bertz CT molecular complexity index is 576. The topological polar surface area (TPSA) is 58.8 Å². The van der Waals surface area contributed by atoms with Crippen LogP contribution >= 0.6 is 0 Å². The molecule has 4 nitrogen and oxygen atoms in total. The number of hydrogen-bond donors (Lipinski definition) is 0. The number of rotatable bonds is 5. The third-order valence-electron chi connectivity index (χ3n) is 2.67. The van der Waals surface area contributed by atoms with Crippen LogP contribution in [0.3, 0.4) is 0 Å². The van der Waals surface area contributed by atoms with Crippen molar-refractivity contribution in [2.75, 3.05) is 6.61 Å². The number of aryl methyl sites for hydroxylation is 2. The number of hydrogen-bond acceptors (Lipinski definition) is 4. The Labute approximate surface area is 112 Å². The van der Waals surface area contributed by atoms with Gasteiger partial charge in [-0.1, -0.05) is 0 Å². The van der Waals surface area contributed by atoms with E-state index in [0.29, 0.717) is 18.1 Å². The van der Waals surface area contributed by atoms with E-state index in [1.165, 1.54) is 5.56 Å². The van der Waals surface area contributed by atoms with Crippen molar-refractivity contribution in [2.45, 2.75) is 19.8 Å². The highest BCUT2D eigenvalue weighted by molar-refractivity contribution is 5.34. The molecule has 0 saturated carbocycles. The lowest BCUT2D eigenvalue weighted by Gasteiger charge is -2.06. The molecule has 0 aliphatic rings. The standard InChI is InChI=1S/C15H15N3O/c1-12-9-14(11-16)10-15(18-12)19-8-2-3-13-4-6-17-7-5-13/h4-7,9-10H,2-3,8H2,1H3. The summed E-state index contributed by atoms with van der Waals surface area (Å²) in [4.78, 5) is 8.22. The van der Waals surface area contributed by atoms with E-state index >= 15 is 0 Å². The Kier molecular flexibility index (Phi) is 4.46. The number of pyridine rings is 2. The second-order valence-corrected chi connectivity index (χ2v) is 4.25. The molecule has 2 aromatic rings. The molecule has 0 atom stereocenters. The Morgan fingerprint density at radius 3 is 2.79 bits per heavy atom. The Hall–Kier alpha value is -2.41. The van der Waals surface area contributed by atoms with Crippen LogP contribution in [0.25, 0.3) is 0 Å².